The van der Waals surface area contributed by atoms with Crippen LogP contribution in [0.1, 0.15) is 23.2 Å². The number of primary amides is 1. The standard InChI is InChI=1S/C20H20Cl2N2O7/c21-14-8-13(31-6-2-5-30-12-4-1-3-11(25)7-12)9-15(22)18(14)19(27)24-16(20(28)29)10-17(23)26/h1,3-4,7-9,16,25H,2,5-6,10H2,(H2,23,26)(H,24,27)(H,28,29)/t16-/m0/s1. The molecule has 31 heavy (non-hydrogen) atoms. The summed E-state index contributed by atoms with van der Waals surface area (Å²) in [6.07, 6.45) is -0.0667. The topological polar surface area (TPSA) is 148 Å². The largest absolute Gasteiger partial charge is 0.508 e. The number of halogens is 2. The molecule has 0 saturated carbocycles. The van der Waals surface area contributed by atoms with Crippen molar-refractivity contribution in [3.63, 3.8) is 0 Å². The van der Waals surface area contributed by atoms with Crippen LogP contribution in [-0.4, -0.2) is 47.3 Å². The van der Waals surface area contributed by atoms with Gasteiger partial charge in [-0.15, -0.1) is 0 Å². The number of benzene rings is 2. The number of hydrogen-bond donors (Lipinski definition) is 4. The average Bonchev–Trinajstić information content (AvgIpc) is 2.66. The number of hydrogen-bond acceptors (Lipinski definition) is 6. The number of carboxylic acid groups (broad SMARTS) is 1. The summed E-state index contributed by atoms with van der Waals surface area (Å²) in [4.78, 5) is 34.5. The minimum absolute atomic E-state index is 0.0563. The van der Waals surface area contributed by atoms with E-state index in [2.05, 4.69) is 5.32 Å². The Morgan fingerprint density at radius 1 is 1.03 bits per heavy atom. The molecular formula is C20H20Cl2N2O7. The van der Waals surface area contributed by atoms with Crippen molar-refractivity contribution in [1.29, 1.82) is 0 Å². The van der Waals surface area contributed by atoms with Crippen molar-refractivity contribution in [3.8, 4) is 17.2 Å². The third-order valence-electron chi connectivity index (χ3n) is 3.90. The summed E-state index contributed by atoms with van der Waals surface area (Å²) >= 11 is 12.2. The minimum atomic E-state index is -1.51. The molecule has 166 valence electrons. The second kappa shape index (κ2) is 11.3. The zero-order valence-electron chi connectivity index (χ0n) is 16.1. The van der Waals surface area contributed by atoms with Gasteiger partial charge >= 0.3 is 5.97 Å². The second-order valence-corrected chi connectivity index (χ2v) is 7.16. The lowest BCUT2D eigenvalue weighted by Gasteiger charge is -2.15. The van der Waals surface area contributed by atoms with Crippen molar-refractivity contribution in [2.24, 2.45) is 5.73 Å². The molecule has 1 atom stereocenters. The molecule has 0 saturated heterocycles. The van der Waals surface area contributed by atoms with Gasteiger partial charge < -0.3 is 30.7 Å². The van der Waals surface area contributed by atoms with Crippen LogP contribution < -0.4 is 20.5 Å². The number of ether oxygens (including phenoxy) is 2. The summed E-state index contributed by atoms with van der Waals surface area (Å²) in [6.45, 7) is 0.596. The van der Waals surface area contributed by atoms with Gasteiger partial charge in [0.1, 0.15) is 23.3 Å². The van der Waals surface area contributed by atoms with Crippen molar-refractivity contribution >= 4 is 41.0 Å². The molecule has 2 aromatic carbocycles. The Labute approximate surface area is 187 Å². The van der Waals surface area contributed by atoms with Crippen molar-refractivity contribution in [2.75, 3.05) is 13.2 Å². The number of phenols is 1. The molecule has 0 unspecified atom stereocenters. The highest BCUT2D eigenvalue weighted by molar-refractivity contribution is 6.40. The first-order valence-electron chi connectivity index (χ1n) is 9.03. The van der Waals surface area contributed by atoms with Gasteiger partial charge in [0.05, 0.1) is 35.2 Å². The molecule has 0 bridgehead atoms. The number of carbonyl (C=O) groups excluding carboxylic acids is 2. The fourth-order valence-corrected chi connectivity index (χ4v) is 3.13. The lowest BCUT2D eigenvalue weighted by atomic mass is 10.1. The maximum Gasteiger partial charge on any atom is 0.326 e. The van der Waals surface area contributed by atoms with Crippen LogP contribution in [0.5, 0.6) is 17.2 Å². The molecule has 2 aromatic rings. The highest BCUT2D eigenvalue weighted by Gasteiger charge is 2.25. The first-order chi connectivity index (χ1) is 14.7. The molecule has 11 heteroatoms. The van der Waals surface area contributed by atoms with E-state index in [9.17, 15) is 19.5 Å². The summed E-state index contributed by atoms with van der Waals surface area (Å²) in [6, 6.07) is 7.61. The number of nitrogens with two attached hydrogens (primary N) is 1. The van der Waals surface area contributed by atoms with E-state index in [1.165, 1.54) is 24.3 Å². The summed E-state index contributed by atoms with van der Waals surface area (Å²) in [5, 5.41) is 20.5. The monoisotopic (exact) mass is 470 g/mol. The molecule has 0 aromatic heterocycles. The highest BCUT2D eigenvalue weighted by Crippen LogP contribution is 2.30. The van der Waals surface area contributed by atoms with E-state index in [0.29, 0.717) is 24.5 Å². The Bertz CT molecular complexity index is 945. The molecule has 0 fully saturated rings. The molecule has 5 N–H and O–H groups in total. The van der Waals surface area contributed by atoms with Gasteiger partial charge in [-0.1, -0.05) is 29.3 Å². The van der Waals surface area contributed by atoms with Crippen LogP contribution in [0.15, 0.2) is 36.4 Å². The van der Waals surface area contributed by atoms with E-state index in [1.807, 2.05) is 0 Å². The molecule has 0 aliphatic carbocycles. The van der Waals surface area contributed by atoms with Crippen LogP contribution in [0.3, 0.4) is 0 Å². The molecule has 0 aliphatic heterocycles. The van der Waals surface area contributed by atoms with Gasteiger partial charge in [0.25, 0.3) is 5.91 Å². The summed E-state index contributed by atoms with van der Waals surface area (Å²) in [5.41, 5.74) is 4.84. The summed E-state index contributed by atoms with van der Waals surface area (Å²) in [7, 11) is 0. The van der Waals surface area contributed by atoms with Gasteiger partial charge in [-0.3, -0.25) is 9.59 Å². The van der Waals surface area contributed by atoms with E-state index < -0.39 is 30.2 Å². The number of carbonyl (C=O) groups is 3. The number of carboxylic acids is 1. The lowest BCUT2D eigenvalue weighted by Crippen LogP contribution is -2.43. The molecular weight excluding hydrogens is 451 g/mol. The van der Waals surface area contributed by atoms with Gasteiger partial charge in [-0.2, -0.15) is 0 Å². The van der Waals surface area contributed by atoms with Crippen molar-refractivity contribution in [3.05, 3.63) is 52.0 Å². The maximum absolute atomic E-state index is 12.4. The Balaban J connectivity index is 1.92. The molecule has 0 radical (unpaired) electrons. The predicted molar refractivity (Wildman–Crippen MR) is 113 cm³/mol. The first kappa shape index (κ1) is 24.1. The number of amides is 2. The number of rotatable bonds is 11. The van der Waals surface area contributed by atoms with Crippen molar-refractivity contribution < 1.29 is 34.1 Å². The third kappa shape index (κ3) is 7.54. The van der Waals surface area contributed by atoms with Crippen LogP contribution in [0.25, 0.3) is 0 Å². The van der Waals surface area contributed by atoms with Gasteiger partial charge in [0.2, 0.25) is 5.91 Å². The molecule has 0 spiro atoms. The number of phenolic OH excluding ortho intramolecular Hbond substituents is 1. The van der Waals surface area contributed by atoms with E-state index in [0.717, 1.165) is 0 Å². The van der Waals surface area contributed by atoms with Gasteiger partial charge in [0.15, 0.2) is 0 Å². The number of nitrogens with one attached hydrogen (secondary N) is 1. The van der Waals surface area contributed by atoms with Crippen LogP contribution in [0.2, 0.25) is 10.0 Å². The average molecular weight is 471 g/mol. The predicted octanol–water partition coefficient (Wildman–Crippen LogP) is 2.61. The molecule has 9 nitrogen and oxygen atoms in total. The van der Waals surface area contributed by atoms with Gasteiger partial charge in [-0.25, -0.2) is 4.79 Å². The molecule has 2 rings (SSSR count). The Morgan fingerprint density at radius 3 is 2.19 bits per heavy atom. The third-order valence-corrected chi connectivity index (χ3v) is 4.49. The van der Waals surface area contributed by atoms with Gasteiger partial charge in [0, 0.05) is 12.5 Å². The van der Waals surface area contributed by atoms with Gasteiger partial charge in [-0.05, 0) is 24.3 Å². The summed E-state index contributed by atoms with van der Waals surface area (Å²) in [5.74, 6) is -2.25. The Morgan fingerprint density at radius 2 is 1.65 bits per heavy atom. The summed E-state index contributed by atoms with van der Waals surface area (Å²) < 4.78 is 11.0. The van der Waals surface area contributed by atoms with E-state index in [4.69, 9.17) is 43.5 Å². The second-order valence-electron chi connectivity index (χ2n) is 6.34. The number of aromatic hydroxyl groups is 1. The maximum atomic E-state index is 12.4. The lowest BCUT2D eigenvalue weighted by molar-refractivity contribution is -0.140. The number of aliphatic carboxylic acids is 1. The Hall–Kier alpha value is -3.17. The SMILES string of the molecule is NC(=O)C[C@H](NC(=O)c1c(Cl)cc(OCCCOc2cccc(O)c2)cc1Cl)C(=O)O. The smallest absolute Gasteiger partial charge is 0.326 e. The fraction of sp³-hybridized carbons (Fsp3) is 0.250. The van der Waals surface area contributed by atoms with Crippen LogP contribution >= 0.6 is 23.2 Å². The first-order valence-corrected chi connectivity index (χ1v) is 9.78. The van der Waals surface area contributed by atoms with Crippen LogP contribution in [0.4, 0.5) is 0 Å². The Kier molecular flexibility index (Phi) is 8.77. The quantitative estimate of drug-likeness (QED) is 0.368. The zero-order chi connectivity index (χ0) is 23.0. The fourth-order valence-electron chi connectivity index (χ4n) is 2.49. The minimum Gasteiger partial charge on any atom is -0.508 e. The van der Waals surface area contributed by atoms with E-state index in [1.54, 1.807) is 12.1 Å². The van der Waals surface area contributed by atoms with E-state index in [-0.39, 0.29) is 28.0 Å². The normalized spacial score (nSPS) is 11.4. The molecule has 0 aliphatic rings. The van der Waals surface area contributed by atoms with Crippen molar-refractivity contribution in [1.82, 2.24) is 5.32 Å². The van der Waals surface area contributed by atoms with E-state index >= 15 is 0 Å². The molecule has 2 amide bonds. The van der Waals surface area contributed by atoms with Crippen molar-refractivity contribution in [2.45, 2.75) is 18.9 Å². The van der Waals surface area contributed by atoms with Crippen LogP contribution in [-0.2, 0) is 9.59 Å². The molecule has 0 heterocycles. The highest BCUT2D eigenvalue weighted by atomic mass is 35.5. The van der Waals surface area contributed by atoms with Crippen LogP contribution in [0, 0.1) is 0 Å². The zero-order valence-corrected chi connectivity index (χ0v) is 17.7.